The summed E-state index contributed by atoms with van der Waals surface area (Å²) in [6.45, 7) is 3.77. The van der Waals surface area contributed by atoms with Crippen LogP contribution < -0.4 is 14.2 Å². The number of fused-ring (bicyclic) bond motifs is 1. The standard InChI is InChI=1S/C16H17NO4S/c1-16(2,12-6-4-3-5-7-12)17-22(18,19)13-8-9-14-15(10-13)21-11-20-14/h3-10,17H,11H2,1-2H3. The van der Waals surface area contributed by atoms with E-state index in [2.05, 4.69) is 4.72 Å². The minimum atomic E-state index is -3.67. The monoisotopic (exact) mass is 319 g/mol. The molecule has 0 unspecified atom stereocenters. The Morgan fingerprint density at radius 2 is 1.68 bits per heavy atom. The van der Waals surface area contributed by atoms with E-state index < -0.39 is 15.6 Å². The van der Waals surface area contributed by atoms with Crippen molar-refractivity contribution >= 4 is 10.0 Å². The molecule has 2 aromatic carbocycles. The van der Waals surface area contributed by atoms with Gasteiger partial charge in [0.05, 0.1) is 10.4 Å². The summed E-state index contributed by atoms with van der Waals surface area (Å²) >= 11 is 0. The topological polar surface area (TPSA) is 64.6 Å². The van der Waals surface area contributed by atoms with Crippen molar-refractivity contribution in [3.05, 3.63) is 54.1 Å². The highest BCUT2D eigenvalue weighted by Gasteiger charge is 2.29. The first-order valence-corrected chi connectivity index (χ1v) is 8.36. The van der Waals surface area contributed by atoms with Crippen LogP contribution in [-0.4, -0.2) is 15.2 Å². The van der Waals surface area contributed by atoms with E-state index >= 15 is 0 Å². The first kappa shape index (κ1) is 14.9. The third-order valence-corrected chi connectivity index (χ3v) is 5.19. The van der Waals surface area contributed by atoms with E-state index in [0.29, 0.717) is 11.5 Å². The van der Waals surface area contributed by atoms with Crippen LogP contribution in [-0.2, 0) is 15.6 Å². The molecule has 0 saturated heterocycles. The van der Waals surface area contributed by atoms with Crippen LogP contribution in [0.25, 0.3) is 0 Å². The summed E-state index contributed by atoms with van der Waals surface area (Å²) in [5, 5.41) is 0. The Morgan fingerprint density at radius 1 is 1.00 bits per heavy atom. The highest BCUT2D eigenvalue weighted by Crippen LogP contribution is 2.34. The lowest BCUT2D eigenvalue weighted by atomic mass is 9.96. The second-order valence-corrected chi connectivity index (χ2v) is 7.29. The minimum Gasteiger partial charge on any atom is -0.454 e. The Balaban J connectivity index is 1.90. The fourth-order valence-electron chi connectivity index (χ4n) is 2.35. The third kappa shape index (κ3) is 2.80. The summed E-state index contributed by atoms with van der Waals surface area (Å²) < 4.78 is 38.4. The summed E-state index contributed by atoms with van der Waals surface area (Å²) in [6.07, 6.45) is 0. The normalized spacial score (nSPS) is 14.1. The maximum atomic E-state index is 12.6. The molecule has 1 heterocycles. The molecule has 1 N–H and O–H groups in total. The predicted octanol–water partition coefficient (Wildman–Crippen LogP) is 2.63. The third-order valence-electron chi connectivity index (χ3n) is 3.54. The molecule has 1 aliphatic heterocycles. The largest absolute Gasteiger partial charge is 0.454 e. The summed E-state index contributed by atoms with van der Waals surface area (Å²) in [5.41, 5.74) is 0.163. The molecule has 0 bridgehead atoms. The van der Waals surface area contributed by atoms with Crippen molar-refractivity contribution in [2.75, 3.05) is 6.79 Å². The molecule has 116 valence electrons. The average molecular weight is 319 g/mol. The zero-order valence-electron chi connectivity index (χ0n) is 12.4. The van der Waals surface area contributed by atoms with E-state index in [1.807, 2.05) is 44.2 Å². The van der Waals surface area contributed by atoms with Gasteiger partial charge in [-0.25, -0.2) is 13.1 Å². The summed E-state index contributed by atoms with van der Waals surface area (Å²) in [5.74, 6) is 1.00. The van der Waals surface area contributed by atoms with Gasteiger partial charge in [0.25, 0.3) is 0 Å². The maximum Gasteiger partial charge on any atom is 0.241 e. The van der Waals surface area contributed by atoms with Crippen LogP contribution in [0.3, 0.4) is 0 Å². The Hall–Kier alpha value is -2.05. The summed E-state index contributed by atoms with van der Waals surface area (Å²) in [6, 6.07) is 14.0. The second kappa shape index (κ2) is 5.30. The molecule has 2 aromatic rings. The van der Waals surface area contributed by atoms with E-state index in [1.54, 1.807) is 6.07 Å². The molecule has 0 aliphatic carbocycles. The van der Waals surface area contributed by atoms with E-state index in [1.165, 1.54) is 12.1 Å². The fourth-order valence-corrected chi connectivity index (χ4v) is 3.77. The second-order valence-electron chi connectivity index (χ2n) is 5.61. The summed E-state index contributed by atoms with van der Waals surface area (Å²) in [4.78, 5) is 0.153. The van der Waals surface area contributed by atoms with Crippen LogP contribution >= 0.6 is 0 Å². The van der Waals surface area contributed by atoms with Gasteiger partial charge in [-0.2, -0.15) is 0 Å². The Bertz CT molecular complexity index is 785. The molecule has 1 aliphatic rings. The lowest BCUT2D eigenvalue weighted by molar-refractivity contribution is 0.174. The highest BCUT2D eigenvalue weighted by molar-refractivity contribution is 7.89. The number of nitrogens with one attached hydrogen (secondary N) is 1. The van der Waals surface area contributed by atoms with Crippen LogP contribution in [0, 0.1) is 0 Å². The molecule has 0 amide bonds. The summed E-state index contributed by atoms with van der Waals surface area (Å²) in [7, 11) is -3.67. The van der Waals surface area contributed by atoms with Crippen LogP contribution in [0.1, 0.15) is 19.4 Å². The molecule has 0 aromatic heterocycles. The van der Waals surface area contributed by atoms with Crippen LogP contribution in [0.15, 0.2) is 53.4 Å². The zero-order chi connectivity index (χ0) is 15.8. The minimum absolute atomic E-state index is 0.113. The van der Waals surface area contributed by atoms with Gasteiger partial charge in [-0.05, 0) is 31.5 Å². The molecular formula is C16H17NO4S. The molecule has 0 radical (unpaired) electrons. The molecule has 3 rings (SSSR count). The predicted molar refractivity (Wildman–Crippen MR) is 82.4 cm³/mol. The van der Waals surface area contributed by atoms with E-state index in [-0.39, 0.29) is 11.7 Å². The van der Waals surface area contributed by atoms with Gasteiger partial charge in [0, 0.05) is 6.07 Å². The molecule has 6 heteroatoms. The van der Waals surface area contributed by atoms with Crippen molar-refractivity contribution in [2.45, 2.75) is 24.3 Å². The van der Waals surface area contributed by atoms with Gasteiger partial charge < -0.3 is 9.47 Å². The SMILES string of the molecule is CC(C)(NS(=O)(=O)c1ccc2c(c1)OCO2)c1ccccc1. The van der Waals surface area contributed by atoms with Gasteiger partial charge in [0.15, 0.2) is 11.5 Å². The fraction of sp³-hybridized carbons (Fsp3) is 0.250. The van der Waals surface area contributed by atoms with Gasteiger partial charge in [0.2, 0.25) is 16.8 Å². The van der Waals surface area contributed by atoms with Crippen molar-refractivity contribution < 1.29 is 17.9 Å². The quantitative estimate of drug-likeness (QED) is 0.941. The van der Waals surface area contributed by atoms with E-state index in [0.717, 1.165) is 5.56 Å². The van der Waals surface area contributed by atoms with Crippen molar-refractivity contribution in [3.63, 3.8) is 0 Å². The maximum absolute atomic E-state index is 12.6. The first-order chi connectivity index (χ1) is 10.4. The lowest BCUT2D eigenvalue weighted by Crippen LogP contribution is -2.40. The van der Waals surface area contributed by atoms with Crippen molar-refractivity contribution in [1.29, 1.82) is 0 Å². The van der Waals surface area contributed by atoms with Gasteiger partial charge in [-0.3, -0.25) is 0 Å². The lowest BCUT2D eigenvalue weighted by Gasteiger charge is -2.26. The van der Waals surface area contributed by atoms with E-state index in [4.69, 9.17) is 9.47 Å². The molecular weight excluding hydrogens is 302 g/mol. The number of rotatable bonds is 4. The smallest absolute Gasteiger partial charge is 0.241 e. The van der Waals surface area contributed by atoms with Gasteiger partial charge >= 0.3 is 0 Å². The molecule has 0 fully saturated rings. The number of ether oxygens (including phenoxy) is 2. The van der Waals surface area contributed by atoms with Crippen molar-refractivity contribution in [2.24, 2.45) is 0 Å². The van der Waals surface area contributed by atoms with Crippen LogP contribution in [0.5, 0.6) is 11.5 Å². The average Bonchev–Trinajstić information content (AvgIpc) is 2.94. The Morgan fingerprint density at radius 3 is 2.41 bits per heavy atom. The molecule has 22 heavy (non-hydrogen) atoms. The Labute approximate surface area is 129 Å². The molecule has 0 saturated carbocycles. The number of benzene rings is 2. The van der Waals surface area contributed by atoms with E-state index in [9.17, 15) is 8.42 Å². The Kier molecular flexibility index (Phi) is 3.58. The van der Waals surface area contributed by atoms with Crippen LogP contribution in [0.2, 0.25) is 0 Å². The van der Waals surface area contributed by atoms with Crippen LogP contribution in [0.4, 0.5) is 0 Å². The van der Waals surface area contributed by atoms with Crippen molar-refractivity contribution in [1.82, 2.24) is 4.72 Å². The highest BCUT2D eigenvalue weighted by atomic mass is 32.2. The number of sulfonamides is 1. The molecule has 0 spiro atoms. The first-order valence-electron chi connectivity index (χ1n) is 6.88. The molecule has 0 atom stereocenters. The van der Waals surface area contributed by atoms with Gasteiger partial charge in [-0.15, -0.1) is 0 Å². The van der Waals surface area contributed by atoms with Crippen molar-refractivity contribution in [3.8, 4) is 11.5 Å². The van der Waals surface area contributed by atoms with Gasteiger partial charge in [-0.1, -0.05) is 30.3 Å². The number of hydrogen-bond acceptors (Lipinski definition) is 4. The molecule has 5 nitrogen and oxygen atoms in total. The number of hydrogen-bond donors (Lipinski definition) is 1. The van der Waals surface area contributed by atoms with Gasteiger partial charge in [0.1, 0.15) is 0 Å². The zero-order valence-corrected chi connectivity index (χ0v) is 13.2.